The lowest BCUT2D eigenvalue weighted by molar-refractivity contribution is 0.0767. The van der Waals surface area contributed by atoms with Gasteiger partial charge in [0.05, 0.1) is 10.0 Å². The SMILES string of the molecule is CCCc1nc(N2CCCN(C(=O)c3ccc(Cl)c(Cl)c3)CC2)c2c(-c3ccccc3)noc2n1. The maximum Gasteiger partial charge on any atom is 0.263 e. The average molecular weight is 510 g/mol. The molecular weight excluding hydrogens is 485 g/mol. The van der Waals surface area contributed by atoms with Crippen LogP contribution in [0.15, 0.2) is 53.1 Å². The van der Waals surface area contributed by atoms with E-state index in [1.807, 2.05) is 35.2 Å². The van der Waals surface area contributed by atoms with E-state index in [-0.39, 0.29) is 5.91 Å². The summed E-state index contributed by atoms with van der Waals surface area (Å²) < 4.78 is 5.68. The molecule has 0 aliphatic carbocycles. The lowest BCUT2D eigenvalue weighted by atomic mass is 10.1. The van der Waals surface area contributed by atoms with E-state index in [4.69, 9.17) is 32.7 Å². The highest BCUT2D eigenvalue weighted by atomic mass is 35.5. The van der Waals surface area contributed by atoms with Crippen LogP contribution in [0.2, 0.25) is 10.0 Å². The van der Waals surface area contributed by atoms with Crippen LogP contribution in [-0.4, -0.2) is 52.1 Å². The number of aromatic nitrogens is 3. The maximum atomic E-state index is 13.2. The number of halogens is 2. The summed E-state index contributed by atoms with van der Waals surface area (Å²) in [4.78, 5) is 26.8. The standard InChI is InChI=1S/C26H25Cl2N5O2/c1-2-7-21-29-24(22-23(31-35-25(22)30-21)17-8-4-3-5-9-17)32-12-6-13-33(15-14-32)26(34)18-10-11-19(27)20(28)16-18/h3-5,8-11,16H,2,6-7,12-15H2,1H3. The Morgan fingerprint density at radius 3 is 2.60 bits per heavy atom. The molecule has 0 spiro atoms. The van der Waals surface area contributed by atoms with Crippen LogP contribution in [0.3, 0.4) is 0 Å². The molecule has 35 heavy (non-hydrogen) atoms. The number of nitrogens with zero attached hydrogens (tertiary/aromatic N) is 5. The van der Waals surface area contributed by atoms with E-state index in [1.54, 1.807) is 18.2 Å². The highest BCUT2D eigenvalue weighted by Gasteiger charge is 2.26. The highest BCUT2D eigenvalue weighted by Crippen LogP contribution is 2.34. The van der Waals surface area contributed by atoms with Crippen molar-refractivity contribution in [3.8, 4) is 11.3 Å². The number of rotatable bonds is 5. The number of hydrogen-bond donors (Lipinski definition) is 0. The number of anilines is 1. The van der Waals surface area contributed by atoms with Crippen LogP contribution in [0, 0.1) is 0 Å². The fourth-order valence-electron chi connectivity index (χ4n) is 4.38. The van der Waals surface area contributed by atoms with Crippen molar-refractivity contribution >= 4 is 46.0 Å². The summed E-state index contributed by atoms with van der Waals surface area (Å²) in [5, 5.41) is 5.97. The number of carbonyl (C=O) groups excluding carboxylic acids is 1. The molecule has 0 unspecified atom stereocenters. The smallest absolute Gasteiger partial charge is 0.263 e. The van der Waals surface area contributed by atoms with Crippen molar-refractivity contribution in [3.63, 3.8) is 0 Å². The third kappa shape index (κ3) is 4.83. The minimum atomic E-state index is -0.0557. The van der Waals surface area contributed by atoms with Crippen molar-refractivity contribution in [1.29, 1.82) is 0 Å². The zero-order chi connectivity index (χ0) is 24.4. The Morgan fingerprint density at radius 2 is 1.83 bits per heavy atom. The Morgan fingerprint density at radius 1 is 1.00 bits per heavy atom. The summed E-state index contributed by atoms with van der Waals surface area (Å²) in [5.41, 5.74) is 2.70. The summed E-state index contributed by atoms with van der Waals surface area (Å²) in [6, 6.07) is 14.9. The van der Waals surface area contributed by atoms with E-state index in [9.17, 15) is 4.79 Å². The number of amides is 1. The summed E-state index contributed by atoms with van der Waals surface area (Å²) in [7, 11) is 0. The number of fused-ring (bicyclic) bond motifs is 1. The first-order valence-corrected chi connectivity index (χ1v) is 12.5. The predicted octanol–water partition coefficient (Wildman–Crippen LogP) is 5.90. The Kier molecular flexibility index (Phi) is 6.88. The van der Waals surface area contributed by atoms with E-state index >= 15 is 0 Å². The number of aryl methyl sites for hydroxylation is 1. The minimum absolute atomic E-state index is 0.0557. The Labute approximate surface area is 213 Å². The van der Waals surface area contributed by atoms with Gasteiger partial charge in [-0.05, 0) is 31.0 Å². The van der Waals surface area contributed by atoms with Gasteiger partial charge in [0.15, 0.2) is 0 Å². The van der Waals surface area contributed by atoms with Gasteiger partial charge < -0.3 is 14.3 Å². The third-order valence-electron chi connectivity index (χ3n) is 6.13. The Balaban J connectivity index is 1.47. The zero-order valence-electron chi connectivity index (χ0n) is 19.4. The van der Waals surface area contributed by atoms with Crippen LogP contribution in [0.1, 0.15) is 35.9 Å². The van der Waals surface area contributed by atoms with Crippen LogP contribution in [0.5, 0.6) is 0 Å². The predicted molar refractivity (Wildman–Crippen MR) is 138 cm³/mol. The van der Waals surface area contributed by atoms with E-state index in [0.717, 1.165) is 54.1 Å². The molecule has 9 heteroatoms. The molecule has 3 heterocycles. The van der Waals surface area contributed by atoms with Gasteiger partial charge in [0.25, 0.3) is 11.6 Å². The van der Waals surface area contributed by atoms with Crippen molar-refractivity contribution in [1.82, 2.24) is 20.0 Å². The molecule has 0 atom stereocenters. The average Bonchev–Trinajstić information content (AvgIpc) is 3.14. The van der Waals surface area contributed by atoms with Crippen LogP contribution < -0.4 is 4.90 Å². The van der Waals surface area contributed by atoms with Crippen LogP contribution in [-0.2, 0) is 6.42 Å². The molecule has 0 bridgehead atoms. The van der Waals surface area contributed by atoms with Gasteiger partial charge in [0.1, 0.15) is 22.7 Å². The molecule has 1 aliphatic heterocycles. The molecule has 1 fully saturated rings. The van der Waals surface area contributed by atoms with E-state index in [0.29, 0.717) is 41.0 Å². The Hall–Kier alpha value is -3.16. The normalized spacial score (nSPS) is 14.4. The molecule has 1 saturated heterocycles. The Bertz CT molecular complexity index is 1360. The van der Waals surface area contributed by atoms with Gasteiger partial charge in [-0.3, -0.25) is 4.79 Å². The van der Waals surface area contributed by atoms with E-state index in [2.05, 4.69) is 22.0 Å². The second-order valence-corrected chi connectivity index (χ2v) is 9.37. The van der Waals surface area contributed by atoms with Gasteiger partial charge in [-0.2, -0.15) is 4.98 Å². The second-order valence-electron chi connectivity index (χ2n) is 8.55. The first-order valence-electron chi connectivity index (χ1n) is 11.8. The molecule has 4 aromatic rings. The third-order valence-corrected chi connectivity index (χ3v) is 6.87. The molecule has 0 saturated carbocycles. The number of hydrogen-bond acceptors (Lipinski definition) is 6. The zero-order valence-corrected chi connectivity index (χ0v) is 20.9. The minimum Gasteiger partial charge on any atom is -0.354 e. The van der Waals surface area contributed by atoms with E-state index < -0.39 is 0 Å². The number of benzene rings is 2. The number of carbonyl (C=O) groups is 1. The second kappa shape index (κ2) is 10.2. The van der Waals surface area contributed by atoms with Gasteiger partial charge >= 0.3 is 0 Å². The van der Waals surface area contributed by atoms with Crippen molar-refractivity contribution in [3.05, 3.63) is 70.0 Å². The molecule has 7 nitrogen and oxygen atoms in total. The first-order chi connectivity index (χ1) is 17.0. The lowest BCUT2D eigenvalue weighted by Crippen LogP contribution is -2.35. The van der Waals surface area contributed by atoms with Crippen LogP contribution >= 0.6 is 23.2 Å². The van der Waals surface area contributed by atoms with Crippen molar-refractivity contribution in [2.45, 2.75) is 26.2 Å². The molecule has 5 rings (SSSR count). The lowest BCUT2D eigenvalue weighted by Gasteiger charge is -2.24. The summed E-state index contributed by atoms with van der Waals surface area (Å²) in [6.45, 7) is 4.67. The molecule has 2 aromatic heterocycles. The summed E-state index contributed by atoms with van der Waals surface area (Å²) in [5.74, 6) is 1.49. The molecule has 0 radical (unpaired) electrons. The molecular formula is C26H25Cl2N5O2. The monoisotopic (exact) mass is 509 g/mol. The molecule has 1 aliphatic rings. The summed E-state index contributed by atoms with van der Waals surface area (Å²) in [6.07, 6.45) is 2.48. The largest absolute Gasteiger partial charge is 0.354 e. The molecule has 180 valence electrons. The first kappa shape index (κ1) is 23.6. The topological polar surface area (TPSA) is 75.4 Å². The molecule has 0 N–H and O–H groups in total. The van der Waals surface area contributed by atoms with Gasteiger partial charge in [0, 0.05) is 43.7 Å². The maximum absolute atomic E-state index is 13.2. The van der Waals surface area contributed by atoms with Crippen molar-refractivity contribution in [2.24, 2.45) is 0 Å². The van der Waals surface area contributed by atoms with Gasteiger partial charge in [0.2, 0.25) is 0 Å². The fraction of sp³-hybridized carbons (Fsp3) is 0.308. The van der Waals surface area contributed by atoms with E-state index in [1.165, 1.54) is 0 Å². The molecule has 2 aromatic carbocycles. The van der Waals surface area contributed by atoms with Crippen LogP contribution in [0.25, 0.3) is 22.4 Å². The van der Waals surface area contributed by atoms with Crippen molar-refractivity contribution < 1.29 is 9.32 Å². The van der Waals surface area contributed by atoms with Crippen molar-refractivity contribution in [2.75, 3.05) is 31.1 Å². The summed E-state index contributed by atoms with van der Waals surface area (Å²) >= 11 is 12.2. The molecule has 1 amide bonds. The quantitative estimate of drug-likeness (QED) is 0.333. The van der Waals surface area contributed by atoms with Gasteiger partial charge in [-0.25, -0.2) is 4.98 Å². The van der Waals surface area contributed by atoms with Gasteiger partial charge in [-0.1, -0.05) is 65.6 Å². The fourth-order valence-corrected chi connectivity index (χ4v) is 4.68. The highest BCUT2D eigenvalue weighted by molar-refractivity contribution is 6.42. The van der Waals surface area contributed by atoms with Gasteiger partial charge in [-0.15, -0.1) is 0 Å². The van der Waals surface area contributed by atoms with Crippen LogP contribution in [0.4, 0.5) is 5.82 Å².